The van der Waals surface area contributed by atoms with Crippen LogP contribution < -0.4 is 4.90 Å². The van der Waals surface area contributed by atoms with E-state index in [2.05, 4.69) is 0 Å². The van der Waals surface area contributed by atoms with Gasteiger partial charge in [0.1, 0.15) is 0 Å². The summed E-state index contributed by atoms with van der Waals surface area (Å²) in [6.45, 7) is 1.92. The molecule has 0 bridgehead atoms. The second kappa shape index (κ2) is 4.61. The summed E-state index contributed by atoms with van der Waals surface area (Å²) in [5.74, 6) is -2.65. The fraction of sp³-hybridized carbons (Fsp3) is 0.500. The Labute approximate surface area is 115 Å². The van der Waals surface area contributed by atoms with Crippen molar-refractivity contribution in [2.45, 2.75) is 18.8 Å². The second-order valence-corrected chi connectivity index (χ2v) is 5.38. The molecule has 1 aliphatic heterocycles. The van der Waals surface area contributed by atoms with Gasteiger partial charge >= 0.3 is 6.09 Å². The SMILES string of the molecule is O=C(O)N1CCN(c2cccc3c2CC(F)(F)C3)CC1. The molecule has 4 nitrogen and oxygen atoms in total. The molecule has 20 heavy (non-hydrogen) atoms. The van der Waals surface area contributed by atoms with Gasteiger partial charge in [0.25, 0.3) is 5.92 Å². The summed E-state index contributed by atoms with van der Waals surface area (Å²) in [7, 11) is 0. The Hall–Kier alpha value is -1.85. The maximum Gasteiger partial charge on any atom is 0.407 e. The van der Waals surface area contributed by atoms with E-state index >= 15 is 0 Å². The molecule has 1 aromatic carbocycles. The molecule has 1 heterocycles. The number of fused-ring (bicyclic) bond motifs is 1. The number of anilines is 1. The molecule has 1 aromatic rings. The summed E-state index contributed by atoms with van der Waals surface area (Å²) in [4.78, 5) is 14.2. The number of alkyl halides is 2. The first-order valence-corrected chi connectivity index (χ1v) is 6.68. The third kappa shape index (κ3) is 2.30. The summed E-state index contributed by atoms with van der Waals surface area (Å²) in [5.41, 5.74) is 2.28. The van der Waals surface area contributed by atoms with Crippen molar-refractivity contribution in [2.24, 2.45) is 0 Å². The van der Waals surface area contributed by atoms with Gasteiger partial charge < -0.3 is 14.9 Å². The second-order valence-electron chi connectivity index (χ2n) is 5.38. The van der Waals surface area contributed by atoms with Crippen molar-refractivity contribution in [3.05, 3.63) is 29.3 Å². The fourth-order valence-corrected chi connectivity index (χ4v) is 3.03. The number of carboxylic acid groups (broad SMARTS) is 1. The molecule has 0 saturated carbocycles. The molecule has 1 saturated heterocycles. The number of amides is 1. The van der Waals surface area contributed by atoms with Crippen LogP contribution in [-0.2, 0) is 12.8 Å². The Morgan fingerprint density at radius 1 is 1.15 bits per heavy atom. The van der Waals surface area contributed by atoms with Crippen molar-refractivity contribution in [3.8, 4) is 0 Å². The average Bonchev–Trinajstić information content (AvgIpc) is 2.72. The van der Waals surface area contributed by atoms with Gasteiger partial charge in [-0.1, -0.05) is 12.1 Å². The molecule has 108 valence electrons. The van der Waals surface area contributed by atoms with E-state index in [0.717, 1.165) is 11.3 Å². The molecule has 1 N–H and O–H groups in total. The highest BCUT2D eigenvalue weighted by Gasteiger charge is 2.39. The smallest absolute Gasteiger partial charge is 0.407 e. The highest BCUT2D eigenvalue weighted by Crippen LogP contribution is 2.39. The minimum atomic E-state index is -2.65. The highest BCUT2D eigenvalue weighted by atomic mass is 19.3. The number of halogens is 2. The van der Waals surface area contributed by atoms with E-state index in [9.17, 15) is 13.6 Å². The number of rotatable bonds is 1. The van der Waals surface area contributed by atoms with Crippen molar-refractivity contribution in [2.75, 3.05) is 31.1 Å². The van der Waals surface area contributed by atoms with Gasteiger partial charge in [0.2, 0.25) is 0 Å². The van der Waals surface area contributed by atoms with Gasteiger partial charge in [-0.2, -0.15) is 0 Å². The van der Waals surface area contributed by atoms with Gasteiger partial charge in [0.15, 0.2) is 0 Å². The van der Waals surface area contributed by atoms with Gasteiger partial charge in [0, 0.05) is 44.7 Å². The zero-order valence-corrected chi connectivity index (χ0v) is 11.0. The Morgan fingerprint density at radius 2 is 1.85 bits per heavy atom. The Kier molecular flexibility index (Phi) is 3.03. The zero-order chi connectivity index (χ0) is 14.3. The maximum atomic E-state index is 13.5. The van der Waals surface area contributed by atoms with E-state index < -0.39 is 12.0 Å². The van der Waals surface area contributed by atoms with Gasteiger partial charge in [-0.25, -0.2) is 13.6 Å². The first-order valence-electron chi connectivity index (χ1n) is 6.68. The third-order valence-electron chi connectivity index (χ3n) is 4.02. The van der Waals surface area contributed by atoms with Crippen LogP contribution in [0.25, 0.3) is 0 Å². The molecule has 0 atom stereocenters. The van der Waals surface area contributed by atoms with Crippen molar-refractivity contribution in [3.63, 3.8) is 0 Å². The van der Waals surface area contributed by atoms with Gasteiger partial charge in [-0.05, 0) is 17.2 Å². The van der Waals surface area contributed by atoms with Crippen molar-refractivity contribution in [1.82, 2.24) is 4.90 Å². The maximum absolute atomic E-state index is 13.5. The normalized spacial score (nSPS) is 20.9. The molecule has 3 rings (SSSR count). The molecule has 1 aliphatic carbocycles. The molecule has 1 fully saturated rings. The van der Waals surface area contributed by atoms with Crippen LogP contribution in [0.3, 0.4) is 0 Å². The first-order chi connectivity index (χ1) is 9.46. The standard InChI is InChI=1S/C14H16F2N2O2/c15-14(16)8-10-2-1-3-12(11(10)9-14)17-4-6-18(7-5-17)13(19)20/h1-3H,4-9H2,(H,19,20). The summed E-state index contributed by atoms with van der Waals surface area (Å²) in [6, 6.07) is 5.42. The molecule has 0 spiro atoms. The van der Waals surface area contributed by atoms with Crippen LogP contribution >= 0.6 is 0 Å². The van der Waals surface area contributed by atoms with Crippen LogP contribution in [0.15, 0.2) is 18.2 Å². The van der Waals surface area contributed by atoms with Crippen LogP contribution in [0.4, 0.5) is 19.3 Å². The largest absolute Gasteiger partial charge is 0.465 e. The van der Waals surface area contributed by atoms with Gasteiger partial charge in [-0.3, -0.25) is 0 Å². The van der Waals surface area contributed by atoms with Crippen LogP contribution in [0.2, 0.25) is 0 Å². The fourth-order valence-electron chi connectivity index (χ4n) is 3.03. The van der Waals surface area contributed by atoms with Gasteiger partial charge in [-0.15, -0.1) is 0 Å². The third-order valence-corrected chi connectivity index (χ3v) is 4.02. The van der Waals surface area contributed by atoms with E-state index in [1.165, 1.54) is 4.90 Å². The molecule has 0 unspecified atom stereocenters. The summed E-state index contributed by atoms with van der Waals surface area (Å²) in [5, 5.41) is 8.93. The number of piperazine rings is 1. The molecule has 2 aliphatic rings. The summed E-state index contributed by atoms with van der Waals surface area (Å²) < 4.78 is 27.1. The lowest BCUT2D eigenvalue weighted by Gasteiger charge is -2.35. The Bertz CT molecular complexity index is 540. The van der Waals surface area contributed by atoms with Crippen LogP contribution in [-0.4, -0.2) is 48.2 Å². The van der Waals surface area contributed by atoms with E-state index in [4.69, 9.17) is 5.11 Å². The Morgan fingerprint density at radius 3 is 2.50 bits per heavy atom. The summed E-state index contributed by atoms with van der Waals surface area (Å²) >= 11 is 0. The first kappa shape index (κ1) is 13.1. The van der Waals surface area contributed by atoms with E-state index in [1.807, 2.05) is 11.0 Å². The zero-order valence-electron chi connectivity index (χ0n) is 11.0. The van der Waals surface area contributed by atoms with E-state index in [1.54, 1.807) is 12.1 Å². The molecule has 6 heteroatoms. The minimum Gasteiger partial charge on any atom is -0.465 e. The minimum absolute atomic E-state index is 0.189. The lowest BCUT2D eigenvalue weighted by Crippen LogP contribution is -2.48. The average molecular weight is 282 g/mol. The molecule has 0 aromatic heterocycles. The topological polar surface area (TPSA) is 43.8 Å². The van der Waals surface area contributed by atoms with Gasteiger partial charge in [0.05, 0.1) is 0 Å². The lowest BCUT2D eigenvalue weighted by atomic mass is 10.1. The number of nitrogens with zero attached hydrogens (tertiary/aromatic N) is 2. The number of hydrogen-bond acceptors (Lipinski definition) is 2. The molecular formula is C14H16F2N2O2. The summed E-state index contributed by atoms with van der Waals surface area (Å²) in [6.07, 6.45) is -1.32. The molecule has 0 radical (unpaired) electrons. The predicted octanol–water partition coefficient (Wildman–Crippen LogP) is 2.22. The monoisotopic (exact) mass is 282 g/mol. The van der Waals surface area contributed by atoms with Crippen LogP contribution in [0.1, 0.15) is 11.1 Å². The van der Waals surface area contributed by atoms with Crippen LogP contribution in [0.5, 0.6) is 0 Å². The lowest BCUT2D eigenvalue weighted by molar-refractivity contribution is 0.0131. The van der Waals surface area contributed by atoms with Crippen molar-refractivity contribution >= 4 is 11.8 Å². The highest BCUT2D eigenvalue weighted by molar-refractivity contribution is 5.66. The number of hydrogen-bond donors (Lipinski definition) is 1. The van der Waals surface area contributed by atoms with Crippen molar-refractivity contribution < 1.29 is 18.7 Å². The Balaban J connectivity index is 1.80. The quantitative estimate of drug-likeness (QED) is 0.859. The van der Waals surface area contributed by atoms with Crippen molar-refractivity contribution in [1.29, 1.82) is 0 Å². The van der Waals surface area contributed by atoms with E-state index in [-0.39, 0.29) is 12.8 Å². The predicted molar refractivity (Wildman–Crippen MR) is 70.6 cm³/mol. The number of benzene rings is 1. The molecular weight excluding hydrogens is 266 g/mol. The number of carbonyl (C=O) groups is 1. The van der Waals surface area contributed by atoms with E-state index in [0.29, 0.717) is 31.7 Å². The van der Waals surface area contributed by atoms with Crippen LogP contribution in [0, 0.1) is 0 Å². The molecule has 1 amide bonds.